The number of amides is 1. The van der Waals surface area contributed by atoms with E-state index in [9.17, 15) is 9.18 Å². The first kappa shape index (κ1) is 21.8. The van der Waals surface area contributed by atoms with Gasteiger partial charge in [-0.2, -0.15) is 0 Å². The highest BCUT2D eigenvalue weighted by Crippen LogP contribution is 2.32. The molecule has 6 nitrogen and oxygen atoms in total. The minimum Gasteiger partial charge on any atom is -0.381 e. The lowest BCUT2D eigenvalue weighted by atomic mass is 9.86. The zero-order chi connectivity index (χ0) is 21.0. The van der Waals surface area contributed by atoms with Crippen molar-refractivity contribution in [3.8, 4) is 0 Å². The zero-order valence-corrected chi connectivity index (χ0v) is 18.7. The van der Waals surface area contributed by atoms with E-state index in [0.29, 0.717) is 12.3 Å². The van der Waals surface area contributed by atoms with E-state index in [4.69, 9.17) is 10.5 Å². The third-order valence-corrected chi connectivity index (χ3v) is 7.40. The molecule has 0 atom stereocenters. The van der Waals surface area contributed by atoms with E-state index in [0.717, 1.165) is 55.1 Å². The molecule has 1 aliphatic carbocycles. The van der Waals surface area contributed by atoms with Gasteiger partial charge in [0.15, 0.2) is 0 Å². The van der Waals surface area contributed by atoms with Crippen LogP contribution in [0.2, 0.25) is 25.7 Å². The van der Waals surface area contributed by atoms with Crippen molar-refractivity contribution in [1.82, 2.24) is 9.55 Å². The summed E-state index contributed by atoms with van der Waals surface area (Å²) in [6, 6.07) is 3.27. The predicted octanol–water partition coefficient (Wildman–Crippen LogP) is 4.39. The van der Waals surface area contributed by atoms with Crippen LogP contribution in [-0.2, 0) is 11.5 Å². The number of primary amides is 1. The Kier molecular flexibility index (Phi) is 6.95. The Bertz CT molecular complexity index is 841. The SMILES string of the molecule is C[Si](C)(C)CCOCn1ccc2c(N[C@H]3CC[C@H](CF)CC3)c(C(N)=O)cnc21. The molecular weight excluding hydrogens is 387 g/mol. The third-order valence-electron chi connectivity index (χ3n) is 5.69. The van der Waals surface area contributed by atoms with Crippen molar-refractivity contribution in [2.75, 3.05) is 18.6 Å². The number of nitrogens with one attached hydrogen (secondary N) is 1. The first-order valence-corrected chi connectivity index (χ1v) is 14.2. The Morgan fingerprint density at radius 2 is 2.07 bits per heavy atom. The van der Waals surface area contributed by atoms with Gasteiger partial charge in [0, 0.05) is 38.5 Å². The van der Waals surface area contributed by atoms with Gasteiger partial charge in [0.2, 0.25) is 0 Å². The number of pyridine rings is 1. The van der Waals surface area contributed by atoms with Crippen LogP contribution in [0.15, 0.2) is 18.5 Å². The molecule has 0 saturated heterocycles. The first-order chi connectivity index (χ1) is 13.8. The zero-order valence-electron chi connectivity index (χ0n) is 17.7. The molecule has 3 rings (SSSR count). The molecule has 0 aliphatic heterocycles. The summed E-state index contributed by atoms with van der Waals surface area (Å²) in [5.74, 6) is -0.339. The van der Waals surface area contributed by atoms with E-state index in [1.54, 1.807) is 6.20 Å². The number of rotatable bonds is 9. The minimum absolute atomic E-state index is 0.163. The Labute approximate surface area is 173 Å². The number of hydrogen-bond acceptors (Lipinski definition) is 4. The van der Waals surface area contributed by atoms with Crippen molar-refractivity contribution in [1.29, 1.82) is 0 Å². The third kappa shape index (κ3) is 5.57. The van der Waals surface area contributed by atoms with Gasteiger partial charge in [-0.15, -0.1) is 0 Å². The fourth-order valence-corrected chi connectivity index (χ4v) is 4.55. The van der Waals surface area contributed by atoms with Gasteiger partial charge in [0.05, 0.1) is 17.9 Å². The molecular formula is C21H33FN4O2Si. The molecule has 1 amide bonds. The van der Waals surface area contributed by atoms with Crippen molar-refractivity contribution in [3.05, 3.63) is 24.0 Å². The lowest BCUT2D eigenvalue weighted by Crippen LogP contribution is -2.28. The number of fused-ring (bicyclic) bond motifs is 1. The molecule has 1 fully saturated rings. The minimum atomic E-state index is -1.13. The van der Waals surface area contributed by atoms with Gasteiger partial charge in [-0.25, -0.2) is 4.98 Å². The van der Waals surface area contributed by atoms with Crippen molar-refractivity contribution in [2.24, 2.45) is 11.7 Å². The molecule has 3 N–H and O–H groups in total. The molecule has 1 aliphatic rings. The number of hydrogen-bond donors (Lipinski definition) is 2. The summed E-state index contributed by atoms with van der Waals surface area (Å²) < 4.78 is 20.7. The summed E-state index contributed by atoms with van der Waals surface area (Å²) >= 11 is 0. The van der Waals surface area contributed by atoms with E-state index in [-0.39, 0.29) is 18.6 Å². The molecule has 29 heavy (non-hydrogen) atoms. The number of alkyl halides is 1. The summed E-state index contributed by atoms with van der Waals surface area (Å²) in [4.78, 5) is 16.5. The molecule has 0 bridgehead atoms. The van der Waals surface area contributed by atoms with Crippen molar-refractivity contribution in [2.45, 2.75) is 64.1 Å². The van der Waals surface area contributed by atoms with E-state index in [1.165, 1.54) is 0 Å². The van der Waals surface area contributed by atoms with Crippen LogP contribution in [0.3, 0.4) is 0 Å². The fraction of sp³-hybridized carbons (Fsp3) is 0.619. The van der Waals surface area contributed by atoms with E-state index >= 15 is 0 Å². The van der Waals surface area contributed by atoms with Crippen LogP contribution in [0.4, 0.5) is 10.1 Å². The number of halogens is 1. The number of anilines is 1. The van der Waals surface area contributed by atoms with Crippen molar-refractivity contribution >= 4 is 30.7 Å². The maximum atomic E-state index is 12.9. The number of nitrogens with two attached hydrogens (primary N) is 1. The van der Waals surface area contributed by atoms with Gasteiger partial charge in [0.25, 0.3) is 5.91 Å². The fourth-order valence-electron chi connectivity index (χ4n) is 3.79. The second-order valence-electron chi connectivity index (χ2n) is 9.30. The van der Waals surface area contributed by atoms with Gasteiger partial charge in [0.1, 0.15) is 12.4 Å². The molecule has 2 heterocycles. The highest BCUT2D eigenvalue weighted by molar-refractivity contribution is 6.76. The molecule has 0 spiro atoms. The Morgan fingerprint density at radius 3 is 2.69 bits per heavy atom. The summed E-state index contributed by atoms with van der Waals surface area (Å²) in [5, 5.41) is 4.37. The maximum Gasteiger partial charge on any atom is 0.252 e. The molecule has 0 unspecified atom stereocenters. The average molecular weight is 421 g/mol. The van der Waals surface area contributed by atoms with Crippen LogP contribution >= 0.6 is 0 Å². The lowest BCUT2D eigenvalue weighted by molar-refractivity contribution is 0.0899. The van der Waals surface area contributed by atoms with Gasteiger partial charge >= 0.3 is 0 Å². The second-order valence-corrected chi connectivity index (χ2v) is 14.9. The van der Waals surface area contributed by atoms with Gasteiger partial charge < -0.3 is 20.4 Å². The van der Waals surface area contributed by atoms with Gasteiger partial charge in [-0.1, -0.05) is 19.6 Å². The summed E-state index contributed by atoms with van der Waals surface area (Å²) in [5.41, 5.74) is 7.49. The van der Waals surface area contributed by atoms with Gasteiger partial charge in [-0.05, 0) is 43.7 Å². The molecule has 2 aromatic heterocycles. The van der Waals surface area contributed by atoms with Crippen LogP contribution in [-0.4, -0.2) is 42.9 Å². The van der Waals surface area contributed by atoms with Gasteiger partial charge in [-0.3, -0.25) is 9.18 Å². The summed E-state index contributed by atoms with van der Waals surface area (Å²) in [6.45, 7) is 7.89. The summed E-state index contributed by atoms with van der Waals surface area (Å²) in [6.07, 6.45) is 6.97. The Morgan fingerprint density at radius 1 is 1.34 bits per heavy atom. The van der Waals surface area contributed by atoms with Crippen LogP contribution in [0, 0.1) is 5.92 Å². The molecule has 1 saturated carbocycles. The van der Waals surface area contributed by atoms with Crippen molar-refractivity contribution < 1.29 is 13.9 Å². The highest BCUT2D eigenvalue weighted by atomic mass is 28.3. The topological polar surface area (TPSA) is 82.2 Å². The van der Waals surface area contributed by atoms with Crippen LogP contribution in [0.25, 0.3) is 11.0 Å². The molecule has 160 valence electrons. The monoisotopic (exact) mass is 420 g/mol. The molecule has 2 aromatic rings. The van der Waals surface area contributed by atoms with E-state index < -0.39 is 14.0 Å². The first-order valence-electron chi connectivity index (χ1n) is 10.5. The number of nitrogens with zero attached hydrogens (tertiary/aromatic N) is 2. The number of carbonyl (C=O) groups excluding carboxylic acids is 1. The molecule has 8 heteroatoms. The number of carbonyl (C=O) groups is 1. The quantitative estimate of drug-likeness (QED) is 0.466. The lowest BCUT2D eigenvalue weighted by Gasteiger charge is -2.29. The van der Waals surface area contributed by atoms with Crippen LogP contribution in [0.1, 0.15) is 36.0 Å². The van der Waals surface area contributed by atoms with Crippen molar-refractivity contribution in [3.63, 3.8) is 0 Å². The largest absolute Gasteiger partial charge is 0.381 e. The maximum absolute atomic E-state index is 12.9. The average Bonchev–Trinajstić information content (AvgIpc) is 3.08. The Balaban J connectivity index is 1.77. The summed E-state index contributed by atoms with van der Waals surface area (Å²) in [7, 11) is -1.13. The predicted molar refractivity (Wildman–Crippen MR) is 118 cm³/mol. The standard InChI is InChI=1S/C21H33FN4O2Si/c1-29(2,3)11-10-28-14-26-9-8-17-19(18(20(23)27)13-24-21(17)26)25-16-6-4-15(12-22)5-7-16/h8-9,13,15-16H,4-7,10-12,14H2,1-3H3,(H2,23,27)(H,24,25)/t15-,16-. The van der Waals surface area contributed by atoms with Crippen LogP contribution in [0.5, 0.6) is 0 Å². The normalized spacial score (nSPS) is 20.1. The molecule has 0 radical (unpaired) electrons. The Hall–Kier alpha value is -1.93. The van der Waals surface area contributed by atoms with E-state index in [1.807, 2.05) is 16.8 Å². The second kappa shape index (κ2) is 9.26. The molecule has 0 aromatic carbocycles. The number of ether oxygens (including phenoxy) is 1. The van der Waals surface area contributed by atoms with E-state index in [2.05, 4.69) is 29.9 Å². The smallest absolute Gasteiger partial charge is 0.252 e. The van der Waals surface area contributed by atoms with Crippen LogP contribution < -0.4 is 11.1 Å². The number of aromatic nitrogens is 2. The highest BCUT2D eigenvalue weighted by Gasteiger charge is 2.24.